The number of fused-ring (bicyclic) bond motifs is 1. The van der Waals surface area contributed by atoms with Gasteiger partial charge in [-0.05, 0) is 67.4 Å². The van der Waals surface area contributed by atoms with Crippen molar-refractivity contribution in [1.29, 1.82) is 0 Å². The van der Waals surface area contributed by atoms with Gasteiger partial charge in [-0.2, -0.15) is 0 Å². The number of hydrogen-bond acceptors (Lipinski definition) is 2. The van der Waals surface area contributed by atoms with Crippen LogP contribution in [0.4, 0.5) is 0 Å². The van der Waals surface area contributed by atoms with Gasteiger partial charge in [0.2, 0.25) is 5.89 Å². The molecule has 3 nitrogen and oxygen atoms in total. The first kappa shape index (κ1) is 14.1. The van der Waals surface area contributed by atoms with E-state index in [4.69, 9.17) is 16.0 Å². The van der Waals surface area contributed by atoms with Gasteiger partial charge >= 0.3 is 0 Å². The van der Waals surface area contributed by atoms with Crippen LogP contribution in [0.2, 0.25) is 5.02 Å². The number of nitrogens with zero attached hydrogens (tertiary/aromatic N) is 2. The fourth-order valence-corrected chi connectivity index (χ4v) is 2.86. The van der Waals surface area contributed by atoms with E-state index in [1.165, 1.54) is 0 Å². The Morgan fingerprint density at radius 3 is 2.52 bits per heavy atom. The third kappa shape index (κ3) is 2.43. The Labute approximate surface area is 139 Å². The summed E-state index contributed by atoms with van der Waals surface area (Å²) in [5, 5.41) is 0.746. The lowest BCUT2D eigenvalue weighted by Crippen LogP contribution is -1.90. The Morgan fingerprint density at radius 1 is 1.00 bits per heavy atom. The van der Waals surface area contributed by atoms with Crippen LogP contribution >= 0.6 is 11.6 Å². The van der Waals surface area contributed by atoms with E-state index in [9.17, 15) is 0 Å². The van der Waals surface area contributed by atoms with Gasteiger partial charge in [0.05, 0.1) is 0 Å². The van der Waals surface area contributed by atoms with Gasteiger partial charge < -0.3 is 8.98 Å². The van der Waals surface area contributed by atoms with Crippen molar-refractivity contribution in [2.24, 2.45) is 0 Å². The molecule has 0 radical (unpaired) electrons. The van der Waals surface area contributed by atoms with E-state index < -0.39 is 0 Å². The van der Waals surface area contributed by atoms with Crippen LogP contribution < -0.4 is 0 Å². The van der Waals surface area contributed by atoms with E-state index in [1.807, 2.05) is 62.6 Å². The molecule has 23 heavy (non-hydrogen) atoms. The second-order valence-corrected chi connectivity index (χ2v) is 6.09. The third-order valence-corrected chi connectivity index (χ3v) is 4.39. The van der Waals surface area contributed by atoms with Crippen molar-refractivity contribution in [1.82, 2.24) is 9.55 Å². The summed E-state index contributed by atoms with van der Waals surface area (Å²) in [6.45, 7) is 4.02. The van der Waals surface area contributed by atoms with Gasteiger partial charge in [0.15, 0.2) is 5.58 Å². The Bertz CT molecular complexity index is 1000. The minimum absolute atomic E-state index is 0.618. The van der Waals surface area contributed by atoms with Crippen molar-refractivity contribution in [2.75, 3.05) is 0 Å². The van der Waals surface area contributed by atoms with E-state index in [-0.39, 0.29) is 0 Å². The molecule has 4 aromatic rings. The standard InChI is InChI=1S/C19H15ClN2O/c1-12-9-14(5-6-16(12)20)19-21-17-11-15(22-7-3-4-8-22)10-13(2)18(17)23-19/h3-11H,1-2H3. The molecule has 0 fully saturated rings. The molecule has 114 valence electrons. The molecule has 2 aromatic carbocycles. The zero-order valence-corrected chi connectivity index (χ0v) is 13.6. The highest BCUT2D eigenvalue weighted by Gasteiger charge is 2.12. The zero-order chi connectivity index (χ0) is 16.0. The van der Waals surface area contributed by atoms with Gasteiger partial charge in [-0.15, -0.1) is 0 Å². The summed E-state index contributed by atoms with van der Waals surface area (Å²) in [6, 6.07) is 14.0. The second kappa shape index (κ2) is 5.28. The molecule has 2 aromatic heterocycles. The molecule has 0 aliphatic rings. The summed E-state index contributed by atoms with van der Waals surface area (Å²) in [7, 11) is 0. The zero-order valence-electron chi connectivity index (χ0n) is 12.9. The molecule has 0 N–H and O–H groups in total. The van der Waals surface area contributed by atoms with Gasteiger partial charge in [0, 0.05) is 28.7 Å². The maximum absolute atomic E-state index is 6.10. The highest BCUT2D eigenvalue weighted by Crippen LogP contribution is 2.30. The van der Waals surface area contributed by atoms with E-state index in [0.29, 0.717) is 5.89 Å². The maximum atomic E-state index is 6.10. The summed E-state index contributed by atoms with van der Waals surface area (Å²) in [5.41, 5.74) is 5.77. The van der Waals surface area contributed by atoms with Crippen LogP contribution in [0.15, 0.2) is 59.3 Å². The van der Waals surface area contributed by atoms with Crippen LogP contribution in [-0.2, 0) is 0 Å². The van der Waals surface area contributed by atoms with E-state index in [0.717, 1.165) is 38.5 Å². The SMILES string of the molecule is Cc1cc(-c2nc3cc(-n4cccc4)cc(C)c3o2)ccc1Cl. The first-order valence-electron chi connectivity index (χ1n) is 7.43. The molecule has 4 rings (SSSR count). The minimum Gasteiger partial charge on any atom is -0.436 e. The Hall–Kier alpha value is -2.52. The summed E-state index contributed by atoms with van der Waals surface area (Å²) < 4.78 is 8.05. The number of rotatable bonds is 2. The van der Waals surface area contributed by atoms with Crippen LogP contribution in [0.25, 0.3) is 28.2 Å². The average molecular weight is 323 g/mol. The van der Waals surface area contributed by atoms with Crippen molar-refractivity contribution in [3.8, 4) is 17.1 Å². The number of aryl methyl sites for hydroxylation is 2. The third-order valence-electron chi connectivity index (χ3n) is 3.97. The topological polar surface area (TPSA) is 31.0 Å². The first-order valence-corrected chi connectivity index (χ1v) is 7.81. The molecular weight excluding hydrogens is 308 g/mol. The summed E-state index contributed by atoms with van der Waals surface area (Å²) >= 11 is 6.10. The Morgan fingerprint density at radius 2 is 1.78 bits per heavy atom. The van der Waals surface area contributed by atoms with Crippen LogP contribution in [0, 0.1) is 13.8 Å². The quantitative estimate of drug-likeness (QED) is 0.484. The van der Waals surface area contributed by atoms with Crippen LogP contribution in [0.5, 0.6) is 0 Å². The van der Waals surface area contributed by atoms with Crippen molar-refractivity contribution < 1.29 is 4.42 Å². The smallest absolute Gasteiger partial charge is 0.227 e. The van der Waals surface area contributed by atoms with Crippen molar-refractivity contribution >= 4 is 22.7 Å². The highest BCUT2D eigenvalue weighted by molar-refractivity contribution is 6.31. The predicted octanol–water partition coefficient (Wildman–Crippen LogP) is 5.56. The fourth-order valence-electron chi connectivity index (χ4n) is 2.74. The summed E-state index contributed by atoms with van der Waals surface area (Å²) in [4.78, 5) is 4.66. The van der Waals surface area contributed by atoms with Crippen molar-refractivity contribution in [3.05, 3.63) is 71.0 Å². The fraction of sp³-hybridized carbons (Fsp3) is 0.105. The minimum atomic E-state index is 0.618. The van der Waals surface area contributed by atoms with E-state index in [2.05, 4.69) is 15.6 Å². The molecule has 0 unspecified atom stereocenters. The lowest BCUT2D eigenvalue weighted by Gasteiger charge is -2.03. The number of halogens is 1. The van der Waals surface area contributed by atoms with E-state index >= 15 is 0 Å². The van der Waals surface area contributed by atoms with Crippen LogP contribution in [0.1, 0.15) is 11.1 Å². The largest absolute Gasteiger partial charge is 0.436 e. The molecule has 0 atom stereocenters. The molecule has 0 aliphatic carbocycles. The van der Waals surface area contributed by atoms with Gasteiger partial charge in [-0.3, -0.25) is 0 Å². The number of aromatic nitrogens is 2. The van der Waals surface area contributed by atoms with Crippen molar-refractivity contribution in [2.45, 2.75) is 13.8 Å². The first-order chi connectivity index (χ1) is 11.1. The number of oxazole rings is 1. The van der Waals surface area contributed by atoms with Gasteiger partial charge in [-0.1, -0.05) is 11.6 Å². The summed E-state index contributed by atoms with van der Waals surface area (Å²) in [6.07, 6.45) is 4.04. The Kier molecular flexibility index (Phi) is 3.24. The van der Waals surface area contributed by atoms with E-state index in [1.54, 1.807) is 0 Å². The molecule has 0 bridgehead atoms. The van der Waals surface area contributed by atoms with Crippen LogP contribution in [0.3, 0.4) is 0 Å². The molecular formula is C19H15ClN2O. The lowest BCUT2D eigenvalue weighted by molar-refractivity contribution is 0.617. The average Bonchev–Trinajstić information content (AvgIpc) is 3.18. The molecule has 0 spiro atoms. The summed E-state index contributed by atoms with van der Waals surface area (Å²) in [5.74, 6) is 0.618. The van der Waals surface area contributed by atoms with Crippen LogP contribution in [-0.4, -0.2) is 9.55 Å². The Balaban J connectivity index is 1.87. The van der Waals surface area contributed by atoms with Gasteiger partial charge in [0.1, 0.15) is 5.52 Å². The molecule has 0 amide bonds. The molecule has 0 aliphatic heterocycles. The molecule has 0 saturated heterocycles. The van der Waals surface area contributed by atoms with Gasteiger partial charge in [0.25, 0.3) is 0 Å². The molecule has 0 saturated carbocycles. The second-order valence-electron chi connectivity index (χ2n) is 5.68. The normalized spacial score (nSPS) is 11.3. The lowest BCUT2D eigenvalue weighted by atomic mass is 10.1. The highest BCUT2D eigenvalue weighted by atomic mass is 35.5. The molecule has 2 heterocycles. The maximum Gasteiger partial charge on any atom is 0.227 e. The number of benzene rings is 2. The monoisotopic (exact) mass is 322 g/mol. The number of hydrogen-bond donors (Lipinski definition) is 0. The molecule has 4 heteroatoms. The van der Waals surface area contributed by atoms with Gasteiger partial charge in [-0.25, -0.2) is 4.98 Å². The van der Waals surface area contributed by atoms with Crippen molar-refractivity contribution in [3.63, 3.8) is 0 Å². The predicted molar refractivity (Wildman–Crippen MR) is 93.3 cm³/mol.